The quantitative estimate of drug-likeness (QED) is 0.831. The number of rotatable bonds is 4. The van der Waals surface area contributed by atoms with Gasteiger partial charge in [0.15, 0.2) is 9.84 Å². The van der Waals surface area contributed by atoms with Gasteiger partial charge in [-0.1, -0.05) is 6.07 Å². The van der Waals surface area contributed by atoms with Gasteiger partial charge in [0.2, 0.25) is 5.91 Å². The fraction of sp³-hybridized carbons (Fsp3) is 0.571. The highest BCUT2D eigenvalue weighted by molar-refractivity contribution is 7.91. The topological polar surface area (TPSA) is 67.3 Å². The molecule has 1 saturated carbocycles. The van der Waals surface area contributed by atoms with Crippen LogP contribution in [-0.4, -0.2) is 41.8 Å². The van der Waals surface area contributed by atoms with Crippen molar-refractivity contribution in [2.45, 2.75) is 31.8 Å². The summed E-state index contributed by atoms with van der Waals surface area (Å²) in [6.07, 6.45) is 5.97. The van der Waals surface area contributed by atoms with E-state index in [9.17, 15) is 13.2 Å². The van der Waals surface area contributed by atoms with Gasteiger partial charge in [-0.15, -0.1) is 0 Å². The smallest absolute Gasteiger partial charge is 0.227 e. The van der Waals surface area contributed by atoms with E-state index in [0.717, 1.165) is 18.4 Å². The van der Waals surface area contributed by atoms with Gasteiger partial charge in [0.1, 0.15) is 0 Å². The molecule has 0 bridgehead atoms. The Morgan fingerprint density at radius 3 is 2.70 bits per heavy atom. The Morgan fingerprint density at radius 2 is 2.15 bits per heavy atom. The lowest BCUT2D eigenvalue weighted by Gasteiger charge is -2.25. The molecule has 0 N–H and O–H groups in total. The molecule has 2 fully saturated rings. The van der Waals surface area contributed by atoms with Crippen molar-refractivity contribution in [2.75, 3.05) is 11.5 Å². The first-order valence-corrected chi connectivity index (χ1v) is 8.77. The van der Waals surface area contributed by atoms with Crippen LogP contribution in [0.5, 0.6) is 0 Å². The molecule has 2 heterocycles. The number of nitrogens with zero attached hydrogens (tertiary/aromatic N) is 2. The molecule has 0 spiro atoms. The lowest BCUT2D eigenvalue weighted by atomic mass is 10.1. The molecular formula is C14H18N2O3S. The number of carbonyl (C=O) groups is 1. The van der Waals surface area contributed by atoms with Crippen LogP contribution in [0.4, 0.5) is 0 Å². The van der Waals surface area contributed by atoms with Crippen molar-refractivity contribution in [1.82, 2.24) is 9.88 Å². The van der Waals surface area contributed by atoms with E-state index >= 15 is 0 Å². The van der Waals surface area contributed by atoms with Crippen LogP contribution >= 0.6 is 0 Å². The van der Waals surface area contributed by atoms with Gasteiger partial charge in [0, 0.05) is 25.0 Å². The number of amides is 1. The van der Waals surface area contributed by atoms with Gasteiger partial charge in [-0.05, 0) is 30.9 Å². The standard InChI is InChI=1S/C14H18N2O3S/c17-14(12-5-7-20(18,19)10-12)16(13-3-4-13)9-11-2-1-6-15-8-11/h1-2,6,8,12-13H,3-5,7,9-10H2/t12-/m0/s1. The number of carbonyl (C=O) groups excluding carboxylic acids is 1. The highest BCUT2D eigenvalue weighted by atomic mass is 32.2. The van der Waals surface area contributed by atoms with Crippen LogP contribution in [0.3, 0.4) is 0 Å². The molecule has 0 unspecified atom stereocenters. The Balaban J connectivity index is 1.73. The monoisotopic (exact) mass is 294 g/mol. The number of hydrogen-bond acceptors (Lipinski definition) is 4. The molecule has 6 heteroatoms. The second-order valence-corrected chi connectivity index (χ2v) is 7.89. The van der Waals surface area contributed by atoms with E-state index in [0.29, 0.717) is 13.0 Å². The lowest BCUT2D eigenvalue weighted by Crippen LogP contribution is -2.37. The average Bonchev–Trinajstić information content (AvgIpc) is 3.20. The minimum atomic E-state index is -3.01. The molecule has 3 rings (SSSR count). The summed E-state index contributed by atoms with van der Waals surface area (Å²) < 4.78 is 23.1. The second kappa shape index (κ2) is 5.16. The number of hydrogen-bond donors (Lipinski definition) is 0. The maximum absolute atomic E-state index is 12.6. The molecule has 1 amide bonds. The first-order chi connectivity index (χ1) is 9.55. The summed E-state index contributed by atoms with van der Waals surface area (Å²) >= 11 is 0. The van der Waals surface area contributed by atoms with Crippen LogP contribution in [0.25, 0.3) is 0 Å². The van der Waals surface area contributed by atoms with Crippen LogP contribution in [0.2, 0.25) is 0 Å². The molecule has 5 nitrogen and oxygen atoms in total. The zero-order chi connectivity index (χ0) is 14.2. The molecule has 0 aromatic carbocycles. The summed E-state index contributed by atoms with van der Waals surface area (Å²) in [5, 5.41) is 0. The summed E-state index contributed by atoms with van der Waals surface area (Å²) in [7, 11) is -3.01. The molecule has 0 radical (unpaired) electrons. The Morgan fingerprint density at radius 1 is 1.35 bits per heavy atom. The summed E-state index contributed by atoms with van der Waals surface area (Å²) in [4.78, 5) is 18.5. The third-order valence-corrected chi connectivity index (χ3v) is 5.70. The maximum atomic E-state index is 12.6. The summed E-state index contributed by atoms with van der Waals surface area (Å²) in [5.41, 5.74) is 0.994. The van der Waals surface area contributed by atoms with Crippen molar-refractivity contribution in [1.29, 1.82) is 0 Å². The number of pyridine rings is 1. The van der Waals surface area contributed by atoms with Gasteiger partial charge in [0.05, 0.1) is 17.4 Å². The first-order valence-electron chi connectivity index (χ1n) is 6.95. The summed E-state index contributed by atoms with van der Waals surface area (Å²) in [6.45, 7) is 0.536. The third kappa shape index (κ3) is 3.00. The zero-order valence-electron chi connectivity index (χ0n) is 11.2. The van der Waals surface area contributed by atoms with E-state index in [2.05, 4.69) is 4.98 Å². The largest absolute Gasteiger partial charge is 0.335 e. The summed E-state index contributed by atoms with van der Waals surface area (Å²) in [5.74, 6) is -0.189. The van der Waals surface area contributed by atoms with Gasteiger partial charge in [-0.25, -0.2) is 8.42 Å². The van der Waals surface area contributed by atoms with E-state index in [1.165, 1.54) is 0 Å². The van der Waals surface area contributed by atoms with Crippen LogP contribution < -0.4 is 0 Å². The lowest BCUT2D eigenvalue weighted by molar-refractivity contribution is -0.136. The average molecular weight is 294 g/mol. The van der Waals surface area contributed by atoms with Gasteiger partial charge >= 0.3 is 0 Å². The van der Waals surface area contributed by atoms with Crippen molar-refractivity contribution in [2.24, 2.45) is 5.92 Å². The van der Waals surface area contributed by atoms with Gasteiger partial charge < -0.3 is 4.90 Å². The normalized spacial score (nSPS) is 24.5. The zero-order valence-corrected chi connectivity index (χ0v) is 12.1. The van der Waals surface area contributed by atoms with Crippen molar-refractivity contribution in [3.05, 3.63) is 30.1 Å². The van der Waals surface area contributed by atoms with Crippen molar-refractivity contribution in [3.8, 4) is 0 Å². The van der Waals surface area contributed by atoms with Crippen molar-refractivity contribution < 1.29 is 13.2 Å². The fourth-order valence-electron chi connectivity index (χ4n) is 2.69. The Kier molecular flexibility index (Phi) is 3.50. The molecular weight excluding hydrogens is 276 g/mol. The van der Waals surface area contributed by atoms with Crippen LogP contribution in [0, 0.1) is 5.92 Å². The van der Waals surface area contributed by atoms with Crippen molar-refractivity contribution >= 4 is 15.7 Å². The van der Waals surface area contributed by atoms with Crippen LogP contribution in [0.15, 0.2) is 24.5 Å². The fourth-order valence-corrected chi connectivity index (χ4v) is 4.42. The number of sulfone groups is 1. The van der Waals surface area contributed by atoms with E-state index in [4.69, 9.17) is 0 Å². The molecule has 1 saturated heterocycles. The van der Waals surface area contributed by atoms with E-state index < -0.39 is 9.84 Å². The van der Waals surface area contributed by atoms with Gasteiger partial charge in [-0.3, -0.25) is 9.78 Å². The predicted molar refractivity (Wildman–Crippen MR) is 74.6 cm³/mol. The molecule has 1 atom stereocenters. The molecule has 108 valence electrons. The highest BCUT2D eigenvalue weighted by Crippen LogP contribution is 2.31. The van der Waals surface area contributed by atoms with Crippen LogP contribution in [-0.2, 0) is 21.2 Å². The minimum Gasteiger partial charge on any atom is -0.335 e. The van der Waals surface area contributed by atoms with Gasteiger partial charge in [-0.2, -0.15) is 0 Å². The SMILES string of the molecule is O=C([C@H]1CCS(=O)(=O)C1)N(Cc1cccnc1)C1CC1. The molecule has 2 aliphatic rings. The molecule has 1 aromatic rings. The van der Waals surface area contributed by atoms with Crippen LogP contribution in [0.1, 0.15) is 24.8 Å². The molecule has 1 aliphatic heterocycles. The van der Waals surface area contributed by atoms with Gasteiger partial charge in [0.25, 0.3) is 0 Å². The molecule has 20 heavy (non-hydrogen) atoms. The van der Waals surface area contributed by atoms with Crippen molar-refractivity contribution in [3.63, 3.8) is 0 Å². The first kappa shape index (κ1) is 13.5. The Labute approximate surface area is 118 Å². The Bertz CT molecular complexity index is 596. The molecule has 1 aromatic heterocycles. The Hall–Kier alpha value is -1.43. The summed E-state index contributed by atoms with van der Waals surface area (Å²) in [6, 6.07) is 4.08. The third-order valence-electron chi connectivity index (χ3n) is 3.93. The number of aromatic nitrogens is 1. The van der Waals surface area contributed by atoms with E-state index in [1.807, 2.05) is 17.0 Å². The maximum Gasteiger partial charge on any atom is 0.227 e. The van der Waals surface area contributed by atoms with E-state index in [1.54, 1.807) is 12.4 Å². The minimum absolute atomic E-state index is 0.00238. The molecule has 1 aliphatic carbocycles. The highest BCUT2D eigenvalue weighted by Gasteiger charge is 2.40. The predicted octanol–water partition coefficient (Wildman–Crippen LogP) is 1.01. The van der Waals surface area contributed by atoms with E-state index in [-0.39, 0.29) is 29.4 Å². The second-order valence-electron chi connectivity index (χ2n) is 5.66.